The van der Waals surface area contributed by atoms with Crippen LogP contribution in [0.1, 0.15) is 23.5 Å². The number of H-pyrrole nitrogens is 1. The number of aromatic amines is 1. The maximum absolute atomic E-state index is 12.2. The number of hydrogen-bond acceptors (Lipinski definition) is 6. The lowest BCUT2D eigenvalue weighted by molar-refractivity contribution is -0.135. The zero-order chi connectivity index (χ0) is 19.7. The smallest absolute Gasteiger partial charge is 0.313 e. The van der Waals surface area contributed by atoms with E-state index in [0.29, 0.717) is 11.5 Å². The standard InChI is InChI=1S/C21H20N2O5/c1-25-13-9-7-12(8-10-13)19-18-15(11-17(24)28-21(18)23-22-19)14-5-4-6-16(26-2)20(14)27-3/h4-10,15H,11H2,1-3H3,(H,22,23)/t15-/m0/s1. The van der Waals surface area contributed by atoms with Gasteiger partial charge >= 0.3 is 5.97 Å². The van der Waals surface area contributed by atoms with Crippen LogP contribution < -0.4 is 18.9 Å². The Kier molecular flexibility index (Phi) is 4.65. The fraction of sp³-hybridized carbons (Fsp3) is 0.238. The van der Waals surface area contributed by atoms with Gasteiger partial charge in [-0.2, -0.15) is 0 Å². The summed E-state index contributed by atoms with van der Waals surface area (Å²) < 4.78 is 21.6. The molecule has 7 nitrogen and oxygen atoms in total. The summed E-state index contributed by atoms with van der Waals surface area (Å²) >= 11 is 0. The maximum Gasteiger partial charge on any atom is 0.313 e. The highest BCUT2D eigenvalue weighted by Gasteiger charge is 2.36. The lowest BCUT2D eigenvalue weighted by Crippen LogP contribution is -2.21. The summed E-state index contributed by atoms with van der Waals surface area (Å²) in [5.74, 6) is 1.63. The van der Waals surface area contributed by atoms with E-state index >= 15 is 0 Å². The molecule has 0 bridgehead atoms. The zero-order valence-electron chi connectivity index (χ0n) is 15.8. The molecule has 1 aliphatic rings. The van der Waals surface area contributed by atoms with Crippen LogP contribution in [-0.4, -0.2) is 37.5 Å². The van der Waals surface area contributed by atoms with Crippen molar-refractivity contribution in [2.75, 3.05) is 21.3 Å². The Bertz CT molecular complexity index is 1010. The summed E-state index contributed by atoms with van der Waals surface area (Å²) in [4.78, 5) is 12.2. The Labute approximate surface area is 162 Å². The number of nitrogens with zero attached hydrogens (tertiary/aromatic N) is 1. The van der Waals surface area contributed by atoms with Gasteiger partial charge in [-0.3, -0.25) is 9.89 Å². The molecular weight excluding hydrogens is 360 g/mol. The van der Waals surface area contributed by atoms with E-state index < -0.39 is 0 Å². The Morgan fingerprint density at radius 1 is 1.04 bits per heavy atom. The van der Waals surface area contributed by atoms with Crippen LogP contribution in [0.4, 0.5) is 0 Å². The van der Waals surface area contributed by atoms with E-state index in [2.05, 4.69) is 10.2 Å². The Hall–Kier alpha value is -3.48. The first kappa shape index (κ1) is 17.9. The number of rotatable bonds is 5. The van der Waals surface area contributed by atoms with Gasteiger partial charge in [-0.25, -0.2) is 0 Å². The van der Waals surface area contributed by atoms with Gasteiger partial charge in [-0.05, 0) is 30.3 Å². The van der Waals surface area contributed by atoms with E-state index in [0.717, 1.165) is 28.1 Å². The number of hydrogen-bond donors (Lipinski definition) is 1. The van der Waals surface area contributed by atoms with Crippen LogP contribution in [-0.2, 0) is 4.79 Å². The Balaban J connectivity index is 1.87. The highest BCUT2D eigenvalue weighted by atomic mass is 16.5. The average Bonchev–Trinajstić information content (AvgIpc) is 3.16. The molecule has 1 atom stereocenters. The van der Waals surface area contributed by atoms with Gasteiger partial charge in [-0.1, -0.05) is 12.1 Å². The van der Waals surface area contributed by atoms with Crippen LogP contribution in [0, 0.1) is 0 Å². The first-order valence-electron chi connectivity index (χ1n) is 8.80. The van der Waals surface area contributed by atoms with Crippen LogP contribution in [0.5, 0.6) is 23.1 Å². The molecule has 0 spiro atoms. The summed E-state index contributed by atoms with van der Waals surface area (Å²) in [5, 5.41) is 7.24. The van der Waals surface area contributed by atoms with Crippen LogP contribution in [0.15, 0.2) is 42.5 Å². The molecule has 1 N–H and O–H groups in total. The van der Waals surface area contributed by atoms with Gasteiger partial charge in [-0.15, -0.1) is 5.10 Å². The van der Waals surface area contributed by atoms with Crippen LogP contribution >= 0.6 is 0 Å². The topological polar surface area (TPSA) is 82.7 Å². The molecule has 0 unspecified atom stereocenters. The van der Waals surface area contributed by atoms with Crippen molar-refractivity contribution in [3.63, 3.8) is 0 Å². The van der Waals surface area contributed by atoms with E-state index in [4.69, 9.17) is 18.9 Å². The van der Waals surface area contributed by atoms with E-state index in [9.17, 15) is 4.79 Å². The van der Waals surface area contributed by atoms with E-state index in [1.807, 2.05) is 42.5 Å². The first-order chi connectivity index (χ1) is 13.7. The molecule has 0 saturated carbocycles. The summed E-state index contributed by atoms with van der Waals surface area (Å²) in [5.41, 5.74) is 3.37. The second-order valence-electron chi connectivity index (χ2n) is 6.36. The van der Waals surface area contributed by atoms with Gasteiger partial charge in [0.25, 0.3) is 0 Å². The van der Waals surface area contributed by atoms with Crippen molar-refractivity contribution in [1.82, 2.24) is 10.2 Å². The third kappa shape index (κ3) is 2.94. The average molecular weight is 380 g/mol. The van der Waals surface area contributed by atoms with Crippen LogP contribution in [0.2, 0.25) is 0 Å². The van der Waals surface area contributed by atoms with Crippen molar-refractivity contribution >= 4 is 5.97 Å². The number of nitrogens with one attached hydrogen (secondary N) is 1. The number of carbonyl (C=O) groups is 1. The number of benzene rings is 2. The summed E-state index contributed by atoms with van der Waals surface area (Å²) in [7, 11) is 4.80. The monoisotopic (exact) mass is 380 g/mol. The maximum atomic E-state index is 12.2. The molecular formula is C21H20N2O5. The normalized spacial score (nSPS) is 15.5. The Morgan fingerprint density at radius 2 is 1.82 bits per heavy atom. The van der Waals surface area contributed by atoms with Crippen molar-refractivity contribution in [1.29, 1.82) is 0 Å². The number of para-hydroxylation sites is 1. The fourth-order valence-corrected chi connectivity index (χ4v) is 3.58. The predicted octanol–water partition coefficient (Wildman–Crippen LogP) is 3.54. The van der Waals surface area contributed by atoms with E-state index in [-0.39, 0.29) is 24.2 Å². The number of aromatic nitrogens is 2. The summed E-state index contributed by atoms with van der Waals surface area (Å²) in [6.07, 6.45) is 0.180. The molecule has 144 valence electrons. The van der Waals surface area contributed by atoms with Crippen molar-refractivity contribution in [2.45, 2.75) is 12.3 Å². The van der Waals surface area contributed by atoms with Gasteiger partial charge in [0, 0.05) is 17.0 Å². The van der Waals surface area contributed by atoms with Crippen molar-refractivity contribution in [3.05, 3.63) is 53.6 Å². The number of carbonyl (C=O) groups excluding carboxylic acids is 1. The first-order valence-corrected chi connectivity index (χ1v) is 8.80. The summed E-state index contributed by atoms with van der Waals surface area (Å²) in [6.45, 7) is 0. The lowest BCUT2D eigenvalue weighted by Gasteiger charge is -2.24. The fourth-order valence-electron chi connectivity index (χ4n) is 3.58. The summed E-state index contributed by atoms with van der Waals surface area (Å²) in [6, 6.07) is 13.2. The number of ether oxygens (including phenoxy) is 4. The molecule has 1 aliphatic heterocycles. The van der Waals surface area contributed by atoms with Crippen molar-refractivity contribution < 1.29 is 23.7 Å². The molecule has 3 aromatic rings. The zero-order valence-corrected chi connectivity index (χ0v) is 15.8. The molecule has 0 radical (unpaired) electrons. The largest absolute Gasteiger partial charge is 0.497 e. The molecule has 7 heteroatoms. The second-order valence-corrected chi connectivity index (χ2v) is 6.36. The van der Waals surface area contributed by atoms with Gasteiger partial charge in [0.15, 0.2) is 11.5 Å². The molecule has 0 fully saturated rings. The van der Waals surface area contributed by atoms with Crippen LogP contribution in [0.25, 0.3) is 11.3 Å². The van der Waals surface area contributed by atoms with Gasteiger partial charge in [0.1, 0.15) is 5.75 Å². The molecule has 1 aromatic heterocycles. The minimum absolute atomic E-state index is 0.180. The molecule has 4 rings (SSSR count). The van der Waals surface area contributed by atoms with Gasteiger partial charge in [0.2, 0.25) is 5.88 Å². The molecule has 0 amide bonds. The molecule has 28 heavy (non-hydrogen) atoms. The Morgan fingerprint density at radius 3 is 2.50 bits per heavy atom. The van der Waals surface area contributed by atoms with Gasteiger partial charge in [0.05, 0.1) is 39.0 Å². The number of fused-ring (bicyclic) bond motifs is 1. The van der Waals surface area contributed by atoms with Crippen LogP contribution in [0.3, 0.4) is 0 Å². The lowest BCUT2D eigenvalue weighted by atomic mass is 9.85. The van der Waals surface area contributed by atoms with Gasteiger partial charge < -0.3 is 18.9 Å². The molecule has 0 saturated heterocycles. The third-order valence-corrected chi connectivity index (χ3v) is 4.89. The van der Waals surface area contributed by atoms with E-state index in [1.165, 1.54) is 0 Å². The number of esters is 1. The minimum Gasteiger partial charge on any atom is -0.497 e. The SMILES string of the molecule is COc1ccc(-c2[nH]nc3c2[C@H](c2cccc(OC)c2OC)CC(=O)O3)cc1. The molecule has 2 aromatic carbocycles. The van der Waals surface area contributed by atoms with Crippen molar-refractivity contribution in [2.24, 2.45) is 0 Å². The minimum atomic E-state index is -0.338. The van der Waals surface area contributed by atoms with E-state index in [1.54, 1.807) is 21.3 Å². The highest BCUT2D eigenvalue weighted by molar-refractivity contribution is 5.81. The number of methoxy groups -OCH3 is 3. The molecule has 2 heterocycles. The second kappa shape index (κ2) is 7.26. The third-order valence-electron chi connectivity index (χ3n) is 4.89. The quantitative estimate of drug-likeness (QED) is 0.682. The van der Waals surface area contributed by atoms with Crippen molar-refractivity contribution in [3.8, 4) is 34.4 Å². The molecule has 0 aliphatic carbocycles. The predicted molar refractivity (Wildman–Crippen MR) is 102 cm³/mol. The highest BCUT2D eigenvalue weighted by Crippen LogP contribution is 2.47.